The van der Waals surface area contributed by atoms with Gasteiger partial charge in [0.25, 0.3) is 0 Å². The number of hydrogen-bond acceptors (Lipinski definition) is 13. The summed E-state index contributed by atoms with van der Waals surface area (Å²) in [6.07, 6.45) is 7.56. The third-order valence-electron chi connectivity index (χ3n) is 9.99. The van der Waals surface area contributed by atoms with Crippen LogP contribution in [0.25, 0.3) is 0 Å². The lowest BCUT2D eigenvalue weighted by Crippen LogP contribution is -2.53. The van der Waals surface area contributed by atoms with E-state index in [9.17, 15) is 19.2 Å². The van der Waals surface area contributed by atoms with Gasteiger partial charge in [-0.15, -0.1) is 10.3 Å². The first-order chi connectivity index (χ1) is 29.0. The topological polar surface area (TPSA) is 189 Å². The number of hydrogen-bond donors (Lipinski definition) is 1. The Kier molecular flexibility index (Phi) is 12.9. The van der Waals surface area contributed by atoms with Gasteiger partial charge in [0.05, 0.1) is 33.4 Å². The molecular formula is C42H47N10O8+. The molecule has 6 heterocycles. The van der Waals surface area contributed by atoms with Gasteiger partial charge in [-0.1, -0.05) is 58.4 Å². The standard InChI is InChI=1S/2C21H23N5O4/c1-24(2)21(28)26-17(10-22-23-26)13-30-20-14-29-18(9-19(20)27)12-25-8-7-15-5-3-4-6-16(15)11-25;1-24(2)21(28)26-11-17(22-23-26)13-30-20-14-29-18(9-19(20)27)12-25-8-7-15-5-3-4-6-16(15)10-25/h3-6,9-10,14H,7-8,11-13H2,1-2H3;3-6,9,11,14H,7-8,10,12-13H2,1-2H3/p+1. The molecule has 0 radical (unpaired) electrons. The van der Waals surface area contributed by atoms with Crippen molar-refractivity contribution in [2.24, 2.45) is 0 Å². The Morgan fingerprint density at radius 3 is 1.82 bits per heavy atom. The van der Waals surface area contributed by atoms with E-state index in [4.69, 9.17) is 18.3 Å². The zero-order chi connectivity index (χ0) is 42.2. The molecule has 2 aliphatic heterocycles. The fourth-order valence-electron chi connectivity index (χ4n) is 6.79. The van der Waals surface area contributed by atoms with Gasteiger partial charge in [-0.25, -0.2) is 9.59 Å². The van der Waals surface area contributed by atoms with Crippen molar-refractivity contribution in [3.63, 3.8) is 0 Å². The third kappa shape index (κ3) is 10.2. The predicted octanol–water partition coefficient (Wildman–Crippen LogP) is 3.22. The molecule has 8 rings (SSSR count). The van der Waals surface area contributed by atoms with E-state index in [0.717, 1.165) is 43.7 Å². The van der Waals surface area contributed by atoms with Gasteiger partial charge in [0.2, 0.25) is 22.4 Å². The lowest BCUT2D eigenvalue weighted by atomic mass is 10.00. The van der Waals surface area contributed by atoms with E-state index in [2.05, 4.69) is 66.8 Å². The number of carbonyl (C=O) groups excluding carboxylic acids is 2. The zero-order valence-corrected chi connectivity index (χ0v) is 33.9. The van der Waals surface area contributed by atoms with Crippen LogP contribution in [0.5, 0.6) is 11.5 Å². The van der Waals surface area contributed by atoms with Crippen LogP contribution in [0.2, 0.25) is 0 Å². The summed E-state index contributed by atoms with van der Waals surface area (Å²) in [6.45, 7) is 4.63. The summed E-state index contributed by atoms with van der Waals surface area (Å²) in [5.74, 6) is 1.37. The highest BCUT2D eigenvalue weighted by atomic mass is 16.5. The minimum Gasteiger partial charge on any atom is -0.480 e. The largest absolute Gasteiger partial charge is 0.480 e. The smallest absolute Gasteiger partial charge is 0.460 e. The molecule has 0 bridgehead atoms. The molecule has 0 spiro atoms. The molecule has 2 amide bonds. The van der Waals surface area contributed by atoms with Crippen molar-refractivity contribution < 1.29 is 32.6 Å². The SMILES string of the molecule is CN(C)C(=O)[n+]1[nH]ncc1COc1coc(CN2CCc3ccccc3C2)cc1=O.CN(C)C(=O)n1cc(COc2coc(CN3CCc4ccccc4C3)cc2=O)nn1. The number of aromatic amines is 1. The maximum atomic E-state index is 12.5. The Morgan fingerprint density at radius 2 is 1.30 bits per heavy atom. The zero-order valence-electron chi connectivity index (χ0n) is 33.9. The number of benzene rings is 2. The fourth-order valence-corrected chi connectivity index (χ4v) is 6.79. The number of carbonyl (C=O) groups is 2. The van der Waals surface area contributed by atoms with Crippen LogP contribution in [-0.2, 0) is 52.2 Å². The lowest BCUT2D eigenvalue weighted by molar-refractivity contribution is -0.649. The van der Waals surface area contributed by atoms with Crippen molar-refractivity contribution >= 4 is 12.1 Å². The number of nitrogens with zero attached hydrogens (tertiary/aromatic N) is 9. The Morgan fingerprint density at radius 1 is 0.767 bits per heavy atom. The number of amides is 2. The Balaban J connectivity index is 0.000000181. The van der Waals surface area contributed by atoms with Crippen molar-refractivity contribution in [3.05, 3.63) is 151 Å². The van der Waals surface area contributed by atoms with Crippen molar-refractivity contribution in [3.8, 4) is 11.5 Å². The van der Waals surface area contributed by atoms with E-state index < -0.39 is 0 Å². The average molecular weight is 820 g/mol. The summed E-state index contributed by atoms with van der Waals surface area (Å²) < 4.78 is 24.7. The second-order valence-electron chi connectivity index (χ2n) is 14.9. The minimum atomic E-state index is -0.321. The summed E-state index contributed by atoms with van der Waals surface area (Å²) in [6, 6.07) is 19.1. The molecule has 0 saturated heterocycles. The van der Waals surface area contributed by atoms with Gasteiger partial charge < -0.3 is 23.2 Å². The highest BCUT2D eigenvalue weighted by Gasteiger charge is 2.23. The normalized spacial score (nSPS) is 13.7. The molecular weight excluding hydrogens is 773 g/mol. The van der Waals surface area contributed by atoms with E-state index >= 15 is 0 Å². The molecule has 0 atom stereocenters. The van der Waals surface area contributed by atoms with Gasteiger partial charge in [0, 0.05) is 52.4 Å². The molecule has 4 aromatic heterocycles. The highest BCUT2D eigenvalue weighted by Crippen LogP contribution is 2.22. The van der Waals surface area contributed by atoms with Crippen LogP contribution in [0.3, 0.4) is 0 Å². The van der Waals surface area contributed by atoms with Crippen LogP contribution in [-0.4, -0.2) is 98.2 Å². The van der Waals surface area contributed by atoms with Crippen molar-refractivity contribution in [1.29, 1.82) is 0 Å². The minimum absolute atomic E-state index is 0.00307. The molecule has 6 aromatic rings. The number of rotatable bonds is 10. The second kappa shape index (κ2) is 18.8. The number of fused-ring (bicyclic) bond motifs is 2. The van der Waals surface area contributed by atoms with Crippen LogP contribution in [0, 0.1) is 0 Å². The molecule has 0 saturated carbocycles. The maximum absolute atomic E-state index is 12.5. The van der Waals surface area contributed by atoms with E-state index in [-0.39, 0.29) is 47.6 Å². The van der Waals surface area contributed by atoms with E-state index in [1.807, 2.05) is 12.1 Å². The molecule has 0 unspecified atom stereocenters. The first kappa shape index (κ1) is 41.2. The number of ether oxygens (including phenoxy) is 2. The lowest BCUT2D eigenvalue weighted by Gasteiger charge is -2.28. The van der Waals surface area contributed by atoms with E-state index in [0.29, 0.717) is 36.0 Å². The quantitative estimate of drug-likeness (QED) is 0.199. The van der Waals surface area contributed by atoms with Crippen LogP contribution < -0.4 is 25.0 Å². The first-order valence-corrected chi connectivity index (χ1v) is 19.4. The molecule has 2 aromatic carbocycles. The fraction of sp³-hybridized carbons (Fsp3) is 0.333. The van der Waals surface area contributed by atoms with Gasteiger partial charge in [-0.05, 0) is 40.2 Å². The predicted molar refractivity (Wildman–Crippen MR) is 215 cm³/mol. The third-order valence-corrected chi connectivity index (χ3v) is 9.99. The van der Waals surface area contributed by atoms with E-state index in [1.54, 1.807) is 28.2 Å². The molecule has 2 aliphatic rings. The maximum Gasteiger partial charge on any atom is 0.460 e. The average Bonchev–Trinajstić information content (AvgIpc) is 3.93. The van der Waals surface area contributed by atoms with Gasteiger partial charge in [-0.3, -0.25) is 24.3 Å². The number of H-pyrrole nitrogens is 1. The van der Waals surface area contributed by atoms with Crippen molar-refractivity contribution in [1.82, 2.24) is 44.9 Å². The summed E-state index contributed by atoms with van der Waals surface area (Å²) in [5.41, 5.74) is 5.78. The molecule has 1 N–H and O–H groups in total. The number of nitrogens with one attached hydrogen (secondary N) is 1. The second-order valence-corrected chi connectivity index (χ2v) is 14.9. The molecule has 18 heteroatoms. The van der Waals surface area contributed by atoms with Crippen LogP contribution in [0.15, 0.2) is 104 Å². The molecule has 0 aliphatic carbocycles. The molecule has 312 valence electrons. The monoisotopic (exact) mass is 819 g/mol. The van der Waals surface area contributed by atoms with Gasteiger partial charge in [-0.2, -0.15) is 4.68 Å². The first-order valence-electron chi connectivity index (χ1n) is 19.4. The van der Waals surface area contributed by atoms with Crippen LogP contribution >= 0.6 is 0 Å². The van der Waals surface area contributed by atoms with Crippen LogP contribution in [0.1, 0.15) is 45.2 Å². The summed E-state index contributed by atoms with van der Waals surface area (Å²) in [7, 11) is 6.51. The molecule has 18 nitrogen and oxygen atoms in total. The Bertz CT molecular complexity index is 2560. The Labute approximate surface area is 345 Å². The molecule has 60 heavy (non-hydrogen) atoms. The van der Waals surface area contributed by atoms with Gasteiger partial charge in [0.1, 0.15) is 43.0 Å². The Hall–Kier alpha value is -6.92. The van der Waals surface area contributed by atoms with Gasteiger partial charge in [0.15, 0.2) is 11.9 Å². The van der Waals surface area contributed by atoms with Crippen molar-refractivity contribution in [2.75, 3.05) is 41.3 Å². The van der Waals surface area contributed by atoms with Crippen LogP contribution in [0.4, 0.5) is 9.59 Å². The number of aromatic nitrogens is 6. The summed E-state index contributed by atoms with van der Waals surface area (Å²) >= 11 is 0. The van der Waals surface area contributed by atoms with E-state index in [1.165, 1.54) is 73.8 Å². The van der Waals surface area contributed by atoms with Crippen molar-refractivity contribution in [2.45, 2.75) is 52.2 Å². The summed E-state index contributed by atoms with van der Waals surface area (Å²) in [4.78, 5) is 56.1. The summed E-state index contributed by atoms with van der Waals surface area (Å²) in [5, 5.41) is 14.1. The molecule has 0 fully saturated rings. The van der Waals surface area contributed by atoms with Gasteiger partial charge >= 0.3 is 12.1 Å². The highest BCUT2D eigenvalue weighted by molar-refractivity contribution is 5.75.